The van der Waals surface area contributed by atoms with Crippen molar-refractivity contribution in [1.29, 1.82) is 0 Å². The zero-order chi connectivity index (χ0) is 33.1. The topological polar surface area (TPSA) is 171 Å². The fourth-order valence-corrected chi connectivity index (χ4v) is 4.29. The first-order chi connectivity index (χ1) is 21.2. The summed E-state index contributed by atoms with van der Waals surface area (Å²) in [5.41, 5.74) is -2.90. The summed E-state index contributed by atoms with van der Waals surface area (Å²) in [5, 5.41) is 24.8. The molecule has 0 aromatic heterocycles. The number of nitro groups is 2. The van der Waals surface area contributed by atoms with E-state index in [-0.39, 0.29) is 41.3 Å². The van der Waals surface area contributed by atoms with Crippen molar-refractivity contribution >= 4 is 41.0 Å². The standard InChI is InChI=1S/C29H21F3N4O9/c1-3-6-17-11-16(12-21-26(37)33-28(39)34(27(21)38)19-7-5-8-20(15-19)35(40)41)13-24(44-4-2)25(17)45-23-10-9-18(29(30,31)32)14-22(23)36(42)43/h3,5,7-15H,1,4,6H2,2H3,(H,33,37,39)/b21-12+. The zero-order valence-electron chi connectivity index (χ0n) is 23.1. The lowest BCUT2D eigenvalue weighted by molar-refractivity contribution is -0.385. The van der Waals surface area contributed by atoms with E-state index in [2.05, 4.69) is 6.58 Å². The number of barbiturate groups is 1. The summed E-state index contributed by atoms with van der Waals surface area (Å²) in [6.45, 7) is 5.29. The van der Waals surface area contributed by atoms with Crippen LogP contribution in [0.15, 0.2) is 72.8 Å². The number of hydrogen-bond acceptors (Lipinski definition) is 9. The van der Waals surface area contributed by atoms with Gasteiger partial charge < -0.3 is 9.47 Å². The van der Waals surface area contributed by atoms with E-state index in [0.717, 1.165) is 24.3 Å². The largest absolute Gasteiger partial charge is 0.490 e. The third-order valence-corrected chi connectivity index (χ3v) is 6.22. The molecule has 45 heavy (non-hydrogen) atoms. The van der Waals surface area contributed by atoms with Gasteiger partial charge >= 0.3 is 17.9 Å². The first-order valence-corrected chi connectivity index (χ1v) is 12.8. The Morgan fingerprint density at radius 3 is 2.36 bits per heavy atom. The SMILES string of the molecule is C=CCc1cc(/C=C2\C(=O)NC(=O)N(c3cccc([N+](=O)[O-])c3)C2=O)cc(OCC)c1Oc1ccc(C(F)(F)F)cc1[N+](=O)[O-]. The zero-order valence-corrected chi connectivity index (χ0v) is 23.1. The maximum atomic E-state index is 13.4. The predicted octanol–water partition coefficient (Wildman–Crippen LogP) is 6.11. The van der Waals surface area contributed by atoms with E-state index >= 15 is 0 Å². The van der Waals surface area contributed by atoms with Gasteiger partial charge in [-0.1, -0.05) is 12.1 Å². The number of non-ortho nitro benzene ring substituents is 1. The Kier molecular flexibility index (Phi) is 8.97. The molecule has 1 aliphatic rings. The molecule has 1 heterocycles. The molecule has 1 aliphatic heterocycles. The van der Waals surface area contributed by atoms with Gasteiger partial charge in [0.2, 0.25) is 5.75 Å². The summed E-state index contributed by atoms with van der Waals surface area (Å²) < 4.78 is 51.0. The maximum Gasteiger partial charge on any atom is 0.416 e. The lowest BCUT2D eigenvalue weighted by Gasteiger charge is -2.26. The quantitative estimate of drug-likeness (QED) is 0.0917. The number of imide groups is 2. The van der Waals surface area contributed by atoms with E-state index in [1.54, 1.807) is 6.92 Å². The first kappa shape index (κ1) is 31.9. The van der Waals surface area contributed by atoms with Crippen LogP contribution in [0.1, 0.15) is 23.6 Å². The second kappa shape index (κ2) is 12.7. The van der Waals surface area contributed by atoms with Gasteiger partial charge in [0.05, 0.1) is 27.7 Å². The summed E-state index contributed by atoms with van der Waals surface area (Å²) >= 11 is 0. The molecule has 0 spiro atoms. The number of anilines is 1. The lowest BCUT2D eigenvalue weighted by Crippen LogP contribution is -2.54. The Balaban J connectivity index is 1.81. The highest BCUT2D eigenvalue weighted by Crippen LogP contribution is 2.43. The van der Waals surface area contributed by atoms with Gasteiger partial charge in [-0.25, -0.2) is 9.69 Å². The monoisotopic (exact) mass is 626 g/mol. The second-order valence-corrected chi connectivity index (χ2v) is 9.21. The number of ether oxygens (including phenoxy) is 2. The van der Waals surface area contributed by atoms with Crippen LogP contribution in [0.3, 0.4) is 0 Å². The molecule has 232 valence electrons. The number of alkyl halides is 3. The fourth-order valence-electron chi connectivity index (χ4n) is 4.29. The minimum absolute atomic E-state index is 0.0352. The predicted molar refractivity (Wildman–Crippen MR) is 152 cm³/mol. The molecule has 1 saturated heterocycles. The molecular weight excluding hydrogens is 605 g/mol. The normalized spacial score (nSPS) is 14.3. The van der Waals surface area contributed by atoms with Crippen molar-refractivity contribution in [1.82, 2.24) is 5.32 Å². The van der Waals surface area contributed by atoms with E-state index in [0.29, 0.717) is 17.0 Å². The molecule has 0 unspecified atom stereocenters. The summed E-state index contributed by atoms with van der Waals surface area (Å²) in [5.74, 6) is -2.81. The number of nitrogens with one attached hydrogen (secondary N) is 1. The number of rotatable bonds is 10. The van der Waals surface area contributed by atoms with Crippen LogP contribution in [0.4, 0.5) is 35.0 Å². The first-order valence-electron chi connectivity index (χ1n) is 12.8. The number of benzene rings is 3. The molecule has 0 bridgehead atoms. The summed E-state index contributed by atoms with van der Waals surface area (Å²) in [4.78, 5) is 60.3. The highest BCUT2D eigenvalue weighted by molar-refractivity contribution is 6.39. The van der Waals surface area contributed by atoms with Crippen molar-refractivity contribution in [3.8, 4) is 17.2 Å². The number of urea groups is 1. The maximum absolute atomic E-state index is 13.4. The molecule has 3 aromatic rings. The van der Waals surface area contributed by atoms with Crippen LogP contribution in [0.5, 0.6) is 17.2 Å². The van der Waals surface area contributed by atoms with E-state index in [9.17, 15) is 47.8 Å². The molecule has 0 saturated carbocycles. The molecule has 0 radical (unpaired) electrons. The Hall–Kier alpha value is -6.06. The van der Waals surface area contributed by atoms with Crippen molar-refractivity contribution in [2.75, 3.05) is 11.5 Å². The lowest BCUT2D eigenvalue weighted by atomic mass is 10.0. The Labute approximate surface area is 251 Å². The number of carbonyl (C=O) groups excluding carboxylic acids is 3. The number of carbonyl (C=O) groups is 3. The Bertz CT molecular complexity index is 1790. The average Bonchev–Trinajstić information content (AvgIpc) is 2.96. The van der Waals surface area contributed by atoms with E-state index in [1.165, 1.54) is 30.3 Å². The van der Waals surface area contributed by atoms with Crippen molar-refractivity contribution < 1.29 is 46.9 Å². The van der Waals surface area contributed by atoms with Gasteiger partial charge in [0.1, 0.15) is 5.57 Å². The average molecular weight is 627 g/mol. The molecule has 4 amide bonds. The van der Waals surface area contributed by atoms with Gasteiger partial charge in [0.15, 0.2) is 11.5 Å². The van der Waals surface area contributed by atoms with E-state index in [1.807, 2.05) is 5.32 Å². The molecule has 0 atom stereocenters. The number of amides is 4. The van der Waals surface area contributed by atoms with Crippen molar-refractivity contribution in [2.24, 2.45) is 0 Å². The number of hydrogen-bond donors (Lipinski definition) is 1. The van der Waals surface area contributed by atoms with E-state index in [4.69, 9.17) is 9.47 Å². The molecule has 1 N–H and O–H groups in total. The van der Waals surface area contributed by atoms with Gasteiger partial charge in [0.25, 0.3) is 17.5 Å². The molecule has 13 nitrogen and oxygen atoms in total. The number of allylic oxidation sites excluding steroid dienone is 1. The highest BCUT2D eigenvalue weighted by Gasteiger charge is 2.38. The van der Waals surface area contributed by atoms with Crippen molar-refractivity contribution in [3.05, 3.63) is 110 Å². The number of nitrogens with zero attached hydrogens (tertiary/aromatic N) is 3. The summed E-state index contributed by atoms with van der Waals surface area (Å²) in [6.07, 6.45) is -2.26. The van der Waals surface area contributed by atoms with Gasteiger partial charge in [-0.15, -0.1) is 6.58 Å². The molecule has 3 aromatic carbocycles. The van der Waals surface area contributed by atoms with E-state index < -0.39 is 62.1 Å². The minimum Gasteiger partial charge on any atom is -0.490 e. The fraction of sp³-hybridized carbons (Fsp3) is 0.138. The van der Waals surface area contributed by atoms with Crippen LogP contribution in [0.2, 0.25) is 0 Å². The van der Waals surface area contributed by atoms with Crippen LogP contribution in [-0.4, -0.2) is 34.3 Å². The van der Waals surface area contributed by atoms with Crippen molar-refractivity contribution in [2.45, 2.75) is 19.5 Å². The third kappa shape index (κ3) is 6.79. The number of halogens is 3. The van der Waals surface area contributed by atoms with Crippen LogP contribution in [0.25, 0.3) is 6.08 Å². The molecular formula is C29H21F3N4O9. The van der Waals surface area contributed by atoms with Crippen molar-refractivity contribution in [3.63, 3.8) is 0 Å². The molecule has 4 rings (SSSR count). The molecule has 0 aliphatic carbocycles. The summed E-state index contributed by atoms with van der Waals surface area (Å²) in [7, 11) is 0. The van der Waals surface area contributed by atoms with Gasteiger partial charge in [-0.05, 0) is 55.3 Å². The minimum atomic E-state index is -4.85. The van der Waals surface area contributed by atoms with Gasteiger partial charge in [-0.3, -0.25) is 35.1 Å². The third-order valence-electron chi connectivity index (χ3n) is 6.22. The van der Waals surface area contributed by atoms with Crippen LogP contribution in [0, 0.1) is 20.2 Å². The number of nitro benzene ring substituents is 2. The van der Waals surface area contributed by atoms with Crippen LogP contribution < -0.4 is 19.7 Å². The molecule has 1 fully saturated rings. The smallest absolute Gasteiger partial charge is 0.416 e. The van der Waals surface area contributed by atoms with Gasteiger partial charge in [-0.2, -0.15) is 13.2 Å². The van der Waals surface area contributed by atoms with Crippen LogP contribution in [-0.2, 0) is 22.2 Å². The molecule has 16 heteroatoms. The summed E-state index contributed by atoms with van der Waals surface area (Å²) in [6, 6.07) is 7.99. The highest BCUT2D eigenvalue weighted by atomic mass is 19.4. The second-order valence-electron chi connectivity index (χ2n) is 9.21. The Morgan fingerprint density at radius 1 is 1.00 bits per heavy atom. The van der Waals surface area contributed by atoms with Crippen LogP contribution >= 0.6 is 0 Å². The Morgan fingerprint density at radius 2 is 1.73 bits per heavy atom. The van der Waals surface area contributed by atoms with Gasteiger partial charge in [0, 0.05) is 23.8 Å².